The lowest BCUT2D eigenvalue weighted by molar-refractivity contribution is 0.415. The number of ether oxygens (including phenoxy) is 1. The predicted octanol–water partition coefficient (Wildman–Crippen LogP) is 6.14. The van der Waals surface area contributed by atoms with E-state index >= 15 is 0 Å². The summed E-state index contributed by atoms with van der Waals surface area (Å²) in [4.78, 5) is 4.73. The van der Waals surface area contributed by atoms with Crippen molar-refractivity contribution in [3.05, 3.63) is 83.9 Å². The highest BCUT2D eigenvalue weighted by Gasteiger charge is 2.07. The molecule has 0 N–H and O–H groups in total. The Kier molecular flexibility index (Phi) is 4.32. The van der Waals surface area contributed by atoms with Crippen LogP contribution in [0.1, 0.15) is 11.1 Å². The maximum atomic E-state index is 5.29. The summed E-state index contributed by atoms with van der Waals surface area (Å²) in [5, 5.41) is 1.03. The minimum absolute atomic E-state index is 0.865. The third-order valence-corrected chi connectivity index (χ3v) is 5.09. The van der Waals surface area contributed by atoms with E-state index in [9.17, 15) is 0 Å². The van der Waals surface area contributed by atoms with Gasteiger partial charge in [0, 0.05) is 5.56 Å². The van der Waals surface area contributed by atoms with Gasteiger partial charge < -0.3 is 4.74 Å². The molecule has 0 unspecified atom stereocenters. The molecule has 0 saturated heterocycles. The molecular formula is C22H17NOS. The first-order chi connectivity index (χ1) is 12.3. The van der Waals surface area contributed by atoms with Crippen molar-refractivity contribution in [3.8, 4) is 16.3 Å². The van der Waals surface area contributed by atoms with Gasteiger partial charge in [0.05, 0.1) is 17.3 Å². The lowest BCUT2D eigenvalue weighted by Gasteiger charge is -1.98. The number of thiazole rings is 1. The normalized spacial score (nSPS) is 11.2. The van der Waals surface area contributed by atoms with Gasteiger partial charge in [-0.25, -0.2) is 4.98 Å². The van der Waals surface area contributed by atoms with Crippen LogP contribution in [-0.2, 0) is 0 Å². The van der Waals surface area contributed by atoms with Crippen molar-refractivity contribution in [2.75, 3.05) is 7.11 Å². The number of methoxy groups -OCH3 is 1. The smallest absolute Gasteiger partial charge is 0.124 e. The summed E-state index contributed by atoms with van der Waals surface area (Å²) in [7, 11) is 1.69. The topological polar surface area (TPSA) is 22.1 Å². The molecule has 3 aromatic carbocycles. The van der Waals surface area contributed by atoms with E-state index in [1.165, 1.54) is 11.1 Å². The second-order valence-electron chi connectivity index (χ2n) is 5.72. The summed E-state index contributed by atoms with van der Waals surface area (Å²) in [5.74, 6) is 0.865. The summed E-state index contributed by atoms with van der Waals surface area (Å²) in [6.07, 6.45) is 4.25. The van der Waals surface area contributed by atoms with E-state index in [0.29, 0.717) is 0 Å². The molecule has 25 heavy (non-hydrogen) atoms. The van der Waals surface area contributed by atoms with Gasteiger partial charge in [-0.05, 0) is 29.3 Å². The van der Waals surface area contributed by atoms with E-state index in [1.807, 2.05) is 36.4 Å². The molecule has 2 nitrogen and oxygen atoms in total. The minimum Gasteiger partial charge on any atom is -0.497 e. The van der Waals surface area contributed by atoms with Crippen LogP contribution in [0.3, 0.4) is 0 Å². The Hall–Kier alpha value is -2.91. The van der Waals surface area contributed by atoms with Crippen molar-refractivity contribution < 1.29 is 4.74 Å². The zero-order valence-electron chi connectivity index (χ0n) is 13.8. The Balaban J connectivity index is 1.58. The fourth-order valence-electron chi connectivity index (χ4n) is 2.65. The number of aromatic nitrogens is 1. The number of fused-ring (bicyclic) bond motifs is 1. The molecule has 0 spiro atoms. The summed E-state index contributed by atoms with van der Waals surface area (Å²) < 4.78 is 6.43. The van der Waals surface area contributed by atoms with Crippen LogP contribution in [-0.4, -0.2) is 12.1 Å². The molecule has 0 atom stereocenters. The number of benzene rings is 3. The lowest BCUT2D eigenvalue weighted by Crippen LogP contribution is -1.80. The van der Waals surface area contributed by atoms with Crippen molar-refractivity contribution >= 4 is 33.7 Å². The van der Waals surface area contributed by atoms with Crippen LogP contribution in [0.15, 0.2) is 72.8 Å². The largest absolute Gasteiger partial charge is 0.497 e. The molecular weight excluding hydrogens is 326 g/mol. The Morgan fingerprint density at radius 1 is 0.840 bits per heavy atom. The van der Waals surface area contributed by atoms with Crippen LogP contribution < -0.4 is 4.74 Å². The first-order valence-electron chi connectivity index (χ1n) is 8.10. The highest BCUT2D eigenvalue weighted by molar-refractivity contribution is 7.21. The van der Waals surface area contributed by atoms with Crippen LogP contribution in [0.25, 0.3) is 32.9 Å². The molecule has 0 aliphatic heterocycles. The average Bonchev–Trinajstić information content (AvgIpc) is 3.10. The lowest BCUT2D eigenvalue weighted by atomic mass is 10.1. The standard InChI is InChI=1S/C22H17NOS/c1-24-19-13-14-20-21(15-19)25-22(23-20)18-11-9-17(10-12-18)8-7-16-5-3-2-4-6-16/h2-15H,1H3. The molecule has 1 heterocycles. The van der Waals surface area contributed by atoms with Crippen molar-refractivity contribution in [2.45, 2.75) is 0 Å². The zero-order valence-corrected chi connectivity index (χ0v) is 14.7. The highest BCUT2D eigenvalue weighted by Crippen LogP contribution is 2.32. The van der Waals surface area contributed by atoms with Gasteiger partial charge in [-0.3, -0.25) is 0 Å². The quantitative estimate of drug-likeness (QED) is 0.415. The zero-order chi connectivity index (χ0) is 17.1. The molecule has 4 rings (SSSR count). The molecule has 0 saturated carbocycles. The van der Waals surface area contributed by atoms with Crippen molar-refractivity contribution in [3.63, 3.8) is 0 Å². The van der Waals surface area contributed by atoms with E-state index < -0.39 is 0 Å². The van der Waals surface area contributed by atoms with Crippen LogP contribution in [0.5, 0.6) is 5.75 Å². The molecule has 0 bridgehead atoms. The van der Waals surface area contributed by atoms with E-state index in [-0.39, 0.29) is 0 Å². The van der Waals surface area contributed by atoms with Crippen LogP contribution in [0, 0.1) is 0 Å². The number of rotatable bonds is 4. The van der Waals surface area contributed by atoms with Gasteiger partial charge in [0.15, 0.2) is 0 Å². The van der Waals surface area contributed by atoms with Crippen molar-refractivity contribution in [1.29, 1.82) is 0 Å². The van der Waals surface area contributed by atoms with Gasteiger partial charge >= 0.3 is 0 Å². The predicted molar refractivity (Wildman–Crippen MR) is 107 cm³/mol. The molecule has 0 fully saturated rings. The van der Waals surface area contributed by atoms with Crippen molar-refractivity contribution in [1.82, 2.24) is 4.98 Å². The van der Waals surface area contributed by atoms with Crippen LogP contribution >= 0.6 is 11.3 Å². The Morgan fingerprint density at radius 3 is 2.28 bits per heavy atom. The van der Waals surface area contributed by atoms with Gasteiger partial charge in [-0.15, -0.1) is 11.3 Å². The first kappa shape index (κ1) is 15.6. The molecule has 0 radical (unpaired) electrons. The number of hydrogen-bond donors (Lipinski definition) is 0. The van der Waals surface area contributed by atoms with Crippen LogP contribution in [0.4, 0.5) is 0 Å². The van der Waals surface area contributed by atoms with Gasteiger partial charge in [0.25, 0.3) is 0 Å². The molecule has 0 aliphatic rings. The first-order valence-corrected chi connectivity index (χ1v) is 8.92. The van der Waals surface area contributed by atoms with E-state index in [4.69, 9.17) is 9.72 Å². The average molecular weight is 343 g/mol. The summed E-state index contributed by atoms with van der Waals surface area (Å²) in [6, 6.07) is 24.8. The number of nitrogens with zero attached hydrogens (tertiary/aromatic N) is 1. The molecule has 122 valence electrons. The van der Waals surface area contributed by atoms with Crippen molar-refractivity contribution in [2.24, 2.45) is 0 Å². The van der Waals surface area contributed by atoms with Gasteiger partial charge in [0.2, 0.25) is 0 Å². The Morgan fingerprint density at radius 2 is 1.56 bits per heavy atom. The molecule has 1 aromatic heterocycles. The van der Waals surface area contributed by atoms with Gasteiger partial charge in [-0.1, -0.05) is 66.7 Å². The molecule has 4 aromatic rings. The van der Waals surface area contributed by atoms with Gasteiger partial charge in [0.1, 0.15) is 10.8 Å². The highest BCUT2D eigenvalue weighted by atomic mass is 32.1. The Bertz CT molecular complexity index is 1020. The molecule has 0 aliphatic carbocycles. The fourth-order valence-corrected chi connectivity index (χ4v) is 3.65. The van der Waals surface area contributed by atoms with Gasteiger partial charge in [-0.2, -0.15) is 0 Å². The Labute approximate surface area is 151 Å². The van der Waals surface area contributed by atoms with E-state index in [1.54, 1.807) is 18.4 Å². The maximum Gasteiger partial charge on any atom is 0.124 e. The fraction of sp³-hybridized carbons (Fsp3) is 0.0455. The third kappa shape index (κ3) is 3.47. The molecule has 0 amide bonds. The third-order valence-electron chi connectivity index (χ3n) is 4.02. The number of hydrogen-bond acceptors (Lipinski definition) is 3. The second-order valence-corrected chi connectivity index (χ2v) is 6.75. The summed E-state index contributed by atoms with van der Waals surface area (Å²) in [6.45, 7) is 0. The second kappa shape index (κ2) is 6.91. The maximum absolute atomic E-state index is 5.29. The summed E-state index contributed by atoms with van der Waals surface area (Å²) >= 11 is 1.69. The van der Waals surface area contributed by atoms with E-state index in [0.717, 1.165) is 26.5 Å². The van der Waals surface area contributed by atoms with Crippen LogP contribution in [0.2, 0.25) is 0 Å². The monoisotopic (exact) mass is 343 g/mol. The minimum atomic E-state index is 0.865. The molecule has 3 heteroatoms. The summed E-state index contributed by atoms with van der Waals surface area (Å²) in [5.41, 5.74) is 4.52. The van der Waals surface area contributed by atoms with E-state index in [2.05, 4.69) is 48.6 Å². The SMILES string of the molecule is COc1ccc2nc(-c3ccc(C=Cc4ccccc4)cc3)sc2c1.